The molecule has 7 heteroatoms. The number of hydrogen-bond donors (Lipinski definition) is 2. The Kier molecular flexibility index (Phi) is 7.33. The van der Waals surface area contributed by atoms with E-state index in [1.165, 1.54) is 11.3 Å². The van der Waals surface area contributed by atoms with Gasteiger partial charge in [0.15, 0.2) is 0 Å². The van der Waals surface area contributed by atoms with Gasteiger partial charge >= 0.3 is 0 Å². The van der Waals surface area contributed by atoms with Crippen molar-refractivity contribution in [3.05, 3.63) is 58.3 Å². The molecule has 2 aromatic rings. The van der Waals surface area contributed by atoms with E-state index in [1.807, 2.05) is 41.8 Å². The van der Waals surface area contributed by atoms with Crippen molar-refractivity contribution < 1.29 is 9.59 Å². The van der Waals surface area contributed by atoms with E-state index >= 15 is 0 Å². The Morgan fingerprint density at radius 1 is 1.25 bits per heavy atom. The predicted octanol–water partition coefficient (Wildman–Crippen LogP) is 2.42. The number of amides is 2. The molecule has 0 saturated heterocycles. The molecule has 5 nitrogen and oxygen atoms in total. The fraction of sp³-hybridized carbons (Fsp3) is 0.235. The summed E-state index contributed by atoms with van der Waals surface area (Å²) in [4.78, 5) is 24.3. The minimum Gasteiger partial charge on any atom is -0.341 e. The first-order valence-corrected chi connectivity index (χ1v) is 9.40. The van der Waals surface area contributed by atoms with Crippen LogP contribution in [0.15, 0.2) is 47.2 Å². The number of hydrogen-bond acceptors (Lipinski definition) is 5. The van der Waals surface area contributed by atoms with Gasteiger partial charge in [-0.25, -0.2) is 0 Å². The van der Waals surface area contributed by atoms with Crippen molar-refractivity contribution in [2.45, 2.75) is 11.8 Å². The molecule has 1 heterocycles. The molecule has 124 valence electrons. The lowest BCUT2D eigenvalue weighted by Gasteiger charge is -2.17. The lowest BCUT2D eigenvalue weighted by atomic mass is 10.2. The van der Waals surface area contributed by atoms with Crippen LogP contribution in [0.2, 0.25) is 0 Å². The minimum absolute atomic E-state index is 0.0764. The average Bonchev–Trinajstić information content (AvgIpc) is 3.14. The van der Waals surface area contributed by atoms with E-state index in [-0.39, 0.29) is 18.4 Å². The highest BCUT2D eigenvalue weighted by atomic mass is 32.2. The summed E-state index contributed by atoms with van der Waals surface area (Å²) < 4.78 is 0. The smallest absolute Gasteiger partial charge is 0.252 e. The standard InChI is InChI=1S/C17H17N3O2S2/c18-7-8-19-17(22)15(20-16(21)14-6-9-23-11-14)12-24-10-13-4-2-1-3-5-13/h1-6,9,11,15H,8,10,12H2,(H,19,22)(H,20,21)/t15-/m0/s1. The third-order valence-corrected chi connectivity index (χ3v) is 4.93. The van der Waals surface area contributed by atoms with Gasteiger partial charge in [0.1, 0.15) is 12.6 Å². The molecule has 0 aliphatic carbocycles. The number of nitriles is 1. The summed E-state index contributed by atoms with van der Waals surface area (Å²) in [5.74, 6) is 0.550. The highest BCUT2D eigenvalue weighted by Gasteiger charge is 2.21. The van der Waals surface area contributed by atoms with Gasteiger partial charge in [-0.05, 0) is 17.0 Å². The Hall–Kier alpha value is -2.30. The summed E-state index contributed by atoms with van der Waals surface area (Å²) in [5.41, 5.74) is 1.69. The molecule has 24 heavy (non-hydrogen) atoms. The third kappa shape index (κ3) is 5.72. The number of nitrogens with zero attached hydrogens (tertiary/aromatic N) is 1. The predicted molar refractivity (Wildman–Crippen MR) is 96.8 cm³/mol. The van der Waals surface area contributed by atoms with Gasteiger partial charge in [-0.2, -0.15) is 28.4 Å². The summed E-state index contributed by atoms with van der Waals surface area (Å²) in [7, 11) is 0. The first-order valence-electron chi connectivity index (χ1n) is 7.30. The lowest BCUT2D eigenvalue weighted by molar-refractivity contribution is -0.122. The summed E-state index contributed by atoms with van der Waals surface area (Å²) >= 11 is 2.98. The molecule has 0 aliphatic rings. The Bertz CT molecular complexity index is 696. The van der Waals surface area contributed by atoms with Crippen molar-refractivity contribution in [1.82, 2.24) is 10.6 Å². The number of thioether (sulfide) groups is 1. The quantitative estimate of drug-likeness (QED) is 0.709. The van der Waals surface area contributed by atoms with Crippen molar-refractivity contribution in [1.29, 1.82) is 5.26 Å². The highest BCUT2D eigenvalue weighted by molar-refractivity contribution is 7.98. The van der Waals surface area contributed by atoms with Crippen molar-refractivity contribution in [2.24, 2.45) is 0 Å². The first-order chi connectivity index (χ1) is 11.7. The number of carbonyl (C=O) groups is 2. The van der Waals surface area contributed by atoms with Crippen molar-refractivity contribution in [3.63, 3.8) is 0 Å². The summed E-state index contributed by atoms with van der Waals surface area (Å²) in [5, 5.41) is 17.4. The molecular weight excluding hydrogens is 342 g/mol. The topological polar surface area (TPSA) is 82.0 Å². The lowest BCUT2D eigenvalue weighted by Crippen LogP contribution is -2.48. The van der Waals surface area contributed by atoms with Crippen LogP contribution in [0, 0.1) is 11.3 Å². The number of rotatable bonds is 8. The van der Waals surface area contributed by atoms with Gasteiger partial charge in [-0.3, -0.25) is 9.59 Å². The Labute approximate surface area is 149 Å². The number of benzene rings is 1. The van der Waals surface area contributed by atoms with E-state index < -0.39 is 6.04 Å². The maximum atomic E-state index is 12.2. The molecule has 0 bridgehead atoms. The normalized spacial score (nSPS) is 11.3. The molecule has 2 amide bonds. The second kappa shape index (κ2) is 9.75. The molecule has 0 aliphatic heterocycles. The maximum Gasteiger partial charge on any atom is 0.252 e. The fourth-order valence-electron chi connectivity index (χ4n) is 1.94. The summed E-state index contributed by atoms with van der Waals surface area (Å²) in [6, 6.07) is 12.8. The van der Waals surface area contributed by atoms with Gasteiger partial charge in [0.05, 0.1) is 11.6 Å². The van der Waals surface area contributed by atoms with Crippen LogP contribution in [-0.4, -0.2) is 30.2 Å². The fourth-order valence-corrected chi connectivity index (χ4v) is 3.59. The number of carbonyl (C=O) groups excluding carboxylic acids is 2. The minimum atomic E-state index is -0.681. The first kappa shape index (κ1) is 18.0. The molecular formula is C17H17N3O2S2. The Balaban J connectivity index is 1.93. The van der Waals surface area contributed by atoms with Gasteiger partial charge in [0.25, 0.3) is 5.91 Å². The second-order valence-corrected chi connectivity index (χ2v) is 6.73. The largest absolute Gasteiger partial charge is 0.341 e. The molecule has 2 rings (SSSR count). The van der Waals surface area contributed by atoms with E-state index in [2.05, 4.69) is 10.6 Å². The van der Waals surface area contributed by atoms with E-state index in [9.17, 15) is 9.59 Å². The van der Waals surface area contributed by atoms with E-state index in [0.717, 1.165) is 11.3 Å². The van der Waals surface area contributed by atoms with Crippen LogP contribution in [0.3, 0.4) is 0 Å². The monoisotopic (exact) mass is 359 g/mol. The van der Waals surface area contributed by atoms with Crippen LogP contribution in [0.5, 0.6) is 0 Å². The van der Waals surface area contributed by atoms with Gasteiger partial charge in [0, 0.05) is 16.9 Å². The molecule has 1 aromatic carbocycles. The Morgan fingerprint density at radius 2 is 2.04 bits per heavy atom. The molecule has 0 radical (unpaired) electrons. The van der Waals surface area contributed by atoms with Crippen LogP contribution in [-0.2, 0) is 10.5 Å². The molecule has 1 atom stereocenters. The molecule has 0 fully saturated rings. The van der Waals surface area contributed by atoms with Gasteiger partial charge in [-0.15, -0.1) is 0 Å². The van der Waals surface area contributed by atoms with Crippen LogP contribution >= 0.6 is 23.1 Å². The average molecular weight is 359 g/mol. The Morgan fingerprint density at radius 3 is 2.71 bits per heavy atom. The van der Waals surface area contributed by atoms with Gasteiger partial charge in [-0.1, -0.05) is 30.3 Å². The van der Waals surface area contributed by atoms with E-state index in [0.29, 0.717) is 11.3 Å². The zero-order chi connectivity index (χ0) is 17.2. The van der Waals surface area contributed by atoms with Crippen molar-refractivity contribution in [3.8, 4) is 6.07 Å². The van der Waals surface area contributed by atoms with Crippen LogP contribution in [0.4, 0.5) is 0 Å². The zero-order valence-corrected chi connectivity index (χ0v) is 14.5. The van der Waals surface area contributed by atoms with E-state index in [1.54, 1.807) is 23.2 Å². The maximum absolute atomic E-state index is 12.2. The molecule has 0 saturated carbocycles. The van der Waals surface area contributed by atoms with E-state index in [4.69, 9.17) is 5.26 Å². The van der Waals surface area contributed by atoms with Gasteiger partial charge in [0.2, 0.25) is 5.91 Å². The second-order valence-electron chi connectivity index (χ2n) is 4.91. The van der Waals surface area contributed by atoms with Crippen LogP contribution < -0.4 is 10.6 Å². The van der Waals surface area contributed by atoms with Gasteiger partial charge < -0.3 is 10.6 Å². The number of nitrogens with one attached hydrogen (secondary N) is 2. The van der Waals surface area contributed by atoms with Crippen molar-refractivity contribution >= 4 is 34.9 Å². The molecule has 2 N–H and O–H groups in total. The zero-order valence-electron chi connectivity index (χ0n) is 12.9. The summed E-state index contributed by atoms with van der Waals surface area (Å²) in [6.45, 7) is -0.0764. The van der Waals surface area contributed by atoms with Crippen molar-refractivity contribution in [2.75, 3.05) is 12.3 Å². The molecule has 0 unspecified atom stereocenters. The molecule has 0 spiro atoms. The van der Waals surface area contributed by atoms with Crippen LogP contribution in [0.1, 0.15) is 15.9 Å². The van der Waals surface area contributed by atoms with Crippen LogP contribution in [0.25, 0.3) is 0 Å². The highest BCUT2D eigenvalue weighted by Crippen LogP contribution is 2.14. The summed E-state index contributed by atoms with van der Waals surface area (Å²) in [6.07, 6.45) is 0. The third-order valence-electron chi connectivity index (χ3n) is 3.14. The number of thiophene rings is 1. The molecule has 1 aromatic heterocycles. The SMILES string of the molecule is N#CCNC(=O)[C@H](CSCc1ccccc1)NC(=O)c1ccsc1.